The van der Waals surface area contributed by atoms with Crippen LogP contribution in [0.15, 0.2) is 54.6 Å². The van der Waals surface area contributed by atoms with Gasteiger partial charge in [-0.05, 0) is 50.2 Å². The zero-order chi connectivity index (χ0) is 21.1. The number of hydrogen-bond donors (Lipinski definition) is 1. The molecule has 0 spiro atoms. The lowest BCUT2D eigenvalue weighted by Crippen LogP contribution is -2.50. The van der Waals surface area contributed by atoms with E-state index in [4.69, 9.17) is 9.84 Å². The highest BCUT2D eigenvalue weighted by Crippen LogP contribution is 2.28. The summed E-state index contributed by atoms with van der Waals surface area (Å²) in [5, 5.41) is 7.71. The lowest BCUT2D eigenvalue weighted by Gasteiger charge is -2.36. The number of rotatable bonds is 4. The van der Waals surface area contributed by atoms with E-state index in [1.165, 1.54) is 0 Å². The van der Waals surface area contributed by atoms with E-state index in [-0.39, 0.29) is 6.03 Å². The Kier molecular flexibility index (Phi) is 5.61. The molecular formula is C23H27N5O2. The van der Waals surface area contributed by atoms with Crippen LogP contribution in [0, 0.1) is 13.8 Å². The number of methoxy groups -OCH3 is 1. The van der Waals surface area contributed by atoms with Gasteiger partial charge in [-0.1, -0.05) is 18.2 Å². The smallest absolute Gasteiger partial charge is 0.321 e. The molecule has 0 aliphatic carbocycles. The normalized spacial score (nSPS) is 14.0. The van der Waals surface area contributed by atoms with E-state index in [1.807, 2.05) is 59.0 Å². The van der Waals surface area contributed by atoms with Crippen LogP contribution in [-0.2, 0) is 0 Å². The van der Waals surface area contributed by atoms with E-state index < -0.39 is 0 Å². The molecule has 2 amide bonds. The summed E-state index contributed by atoms with van der Waals surface area (Å²) in [6.07, 6.45) is 0. The van der Waals surface area contributed by atoms with Crippen LogP contribution in [0.5, 0.6) is 5.75 Å². The number of benzene rings is 2. The molecule has 2 heterocycles. The molecule has 1 fully saturated rings. The fourth-order valence-electron chi connectivity index (χ4n) is 3.92. The standard InChI is InChI=1S/C23H27N5O2/c1-17-22(18(2)28(25-17)20-7-5-4-6-8-20)26-13-15-27(16-14-26)23(29)24-19-9-11-21(30-3)12-10-19/h4-12H,13-16H2,1-3H3,(H,24,29). The Hall–Kier alpha value is -3.48. The zero-order valence-electron chi connectivity index (χ0n) is 17.6. The van der Waals surface area contributed by atoms with Crippen molar-refractivity contribution in [3.63, 3.8) is 0 Å². The van der Waals surface area contributed by atoms with Crippen LogP contribution in [0.4, 0.5) is 16.2 Å². The van der Waals surface area contributed by atoms with Crippen LogP contribution < -0.4 is 15.0 Å². The number of nitrogens with one attached hydrogen (secondary N) is 1. The van der Waals surface area contributed by atoms with Gasteiger partial charge in [-0.25, -0.2) is 9.48 Å². The Labute approximate surface area is 176 Å². The third-order valence-corrected chi connectivity index (χ3v) is 5.48. The van der Waals surface area contributed by atoms with Gasteiger partial charge in [-0.3, -0.25) is 0 Å². The summed E-state index contributed by atoms with van der Waals surface area (Å²) >= 11 is 0. The minimum atomic E-state index is -0.0757. The van der Waals surface area contributed by atoms with Crippen LogP contribution in [0.25, 0.3) is 5.69 Å². The van der Waals surface area contributed by atoms with Gasteiger partial charge in [0.15, 0.2) is 0 Å². The van der Waals surface area contributed by atoms with E-state index in [2.05, 4.69) is 29.3 Å². The quantitative estimate of drug-likeness (QED) is 0.716. The number of para-hydroxylation sites is 1. The molecule has 1 aromatic heterocycles. The molecule has 1 aliphatic heterocycles. The fraction of sp³-hybridized carbons (Fsp3) is 0.304. The molecule has 3 aromatic rings. The maximum atomic E-state index is 12.6. The average molecular weight is 406 g/mol. The lowest BCUT2D eigenvalue weighted by atomic mass is 10.2. The molecular weight excluding hydrogens is 378 g/mol. The topological polar surface area (TPSA) is 62.6 Å². The van der Waals surface area contributed by atoms with Crippen LogP contribution in [0.1, 0.15) is 11.4 Å². The van der Waals surface area contributed by atoms with Crippen molar-refractivity contribution >= 4 is 17.4 Å². The summed E-state index contributed by atoms with van der Waals surface area (Å²) in [6, 6.07) is 17.5. The molecule has 0 radical (unpaired) electrons. The number of nitrogens with zero attached hydrogens (tertiary/aromatic N) is 4. The molecule has 1 saturated heterocycles. The second-order valence-electron chi connectivity index (χ2n) is 7.40. The molecule has 2 aromatic carbocycles. The molecule has 30 heavy (non-hydrogen) atoms. The second kappa shape index (κ2) is 8.49. The number of ether oxygens (including phenoxy) is 1. The number of urea groups is 1. The van der Waals surface area contributed by atoms with Crippen molar-refractivity contribution in [1.82, 2.24) is 14.7 Å². The predicted octanol–water partition coefficient (Wildman–Crippen LogP) is 3.85. The molecule has 0 unspecified atom stereocenters. The first-order valence-corrected chi connectivity index (χ1v) is 10.1. The predicted molar refractivity (Wildman–Crippen MR) is 119 cm³/mol. The summed E-state index contributed by atoms with van der Waals surface area (Å²) in [5.74, 6) is 0.767. The van der Waals surface area contributed by atoms with E-state index in [1.54, 1.807) is 7.11 Å². The van der Waals surface area contributed by atoms with Crippen molar-refractivity contribution in [3.05, 3.63) is 66.0 Å². The summed E-state index contributed by atoms with van der Waals surface area (Å²) < 4.78 is 7.15. The van der Waals surface area contributed by atoms with Gasteiger partial charge < -0.3 is 19.9 Å². The zero-order valence-corrected chi connectivity index (χ0v) is 17.6. The molecule has 1 N–H and O–H groups in total. The van der Waals surface area contributed by atoms with Gasteiger partial charge in [0.25, 0.3) is 0 Å². The summed E-state index contributed by atoms with van der Waals surface area (Å²) in [5.41, 5.74) is 5.11. The number of anilines is 2. The van der Waals surface area contributed by atoms with Crippen molar-refractivity contribution in [2.75, 3.05) is 43.5 Å². The third kappa shape index (κ3) is 3.96. The van der Waals surface area contributed by atoms with Gasteiger partial charge in [0.1, 0.15) is 5.75 Å². The number of hydrogen-bond acceptors (Lipinski definition) is 4. The number of aryl methyl sites for hydroxylation is 1. The fourth-order valence-corrected chi connectivity index (χ4v) is 3.92. The Morgan fingerprint density at radius 3 is 2.27 bits per heavy atom. The van der Waals surface area contributed by atoms with Gasteiger partial charge in [-0.2, -0.15) is 5.10 Å². The van der Waals surface area contributed by atoms with E-state index in [9.17, 15) is 4.79 Å². The average Bonchev–Trinajstić information content (AvgIpc) is 3.09. The highest BCUT2D eigenvalue weighted by Gasteiger charge is 2.25. The second-order valence-corrected chi connectivity index (χ2v) is 7.40. The van der Waals surface area contributed by atoms with Crippen LogP contribution in [0.2, 0.25) is 0 Å². The minimum Gasteiger partial charge on any atom is -0.497 e. The lowest BCUT2D eigenvalue weighted by molar-refractivity contribution is 0.208. The monoisotopic (exact) mass is 405 g/mol. The first kappa shape index (κ1) is 19.8. The number of carbonyl (C=O) groups excluding carboxylic acids is 1. The van der Waals surface area contributed by atoms with E-state index >= 15 is 0 Å². The van der Waals surface area contributed by atoms with Crippen molar-refractivity contribution in [2.45, 2.75) is 13.8 Å². The van der Waals surface area contributed by atoms with Crippen LogP contribution in [-0.4, -0.2) is 54.0 Å². The molecule has 0 saturated carbocycles. The molecule has 156 valence electrons. The SMILES string of the molecule is COc1ccc(NC(=O)N2CCN(c3c(C)nn(-c4ccccc4)c3C)CC2)cc1. The van der Waals surface area contributed by atoms with Gasteiger partial charge >= 0.3 is 6.03 Å². The van der Waals surface area contributed by atoms with Gasteiger partial charge in [0.2, 0.25) is 0 Å². The van der Waals surface area contributed by atoms with E-state index in [0.717, 1.165) is 47.3 Å². The molecule has 4 rings (SSSR count). The molecule has 1 aliphatic rings. The Morgan fingerprint density at radius 2 is 1.63 bits per heavy atom. The van der Waals surface area contributed by atoms with Crippen molar-refractivity contribution in [2.24, 2.45) is 0 Å². The van der Waals surface area contributed by atoms with Crippen molar-refractivity contribution < 1.29 is 9.53 Å². The van der Waals surface area contributed by atoms with Gasteiger partial charge in [-0.15, -0.1) is 0 Å². The van der Waals surface area contributed by atoms with Gasteiger partial charge in [0.05, 0.1) is 29.9 Å². The number of amides is 2. The summed E-state index contributed by atoms with van der Waals surface area (Å²) in [7, 11) is 1.63. The van der Waals surface area contributed by atoms with Crippen LogP contribution >= 0.6 is 0 Å². The van der Waals surface area contributed by atoms with Crippen molar-refractivity contribution in [3.8, 4) is 11.4 Å². The first-order chi connectivity index (χ1) is 14.6. The number of carbonyl (C=O) groups is 1. The Morgan fingerprint density at radius 1 is 0.967 bits per heavy atom. The number of aromatic nitrogens is 2. The molecule has 0 bridgehead atoms. The highest BCUT2D eigenvalue weighted by atomic mass is 16.5. The third-order valence-electron chi connectivity index (χ3n) is 5.48. The first-order valence-electron chi connectivity index (χ1n) is 10.1. The summed E-state index contributed by atoms with van der Waals surface area (Å²) in [6.45, 7) is 7.03. The summed E-state index contributed by atoms with van der Waals surface area (Å²) in [4.78, 5) is 16.8. The van der Waals surface area contributed by atoms with E-state index in [0.29, 0.717) is 13.1 Å². The largest absolute Gasteiger partial charge is 0.497 e. The maximum Gasteiger partial charge on any atom is 0.321 e. The Balaban J connectivity index is 1.41. The van der Waals surface area contributed by atoms with Crippen molar-refractivity contribution in [1.29, 1.82) is 0 Å². The van der Waals surface area contributed by atoms with Crippen LogP contribution in [0.3, 0.4) is 0 Å². The minimum absolute atomic E-state index is 0.0757. The molecule has 7 heteroatoms. The number of piperazine rings is 1. The van der Waals surface area contributed by atoms with Gasteiger partial charge in [0, 0.05) is 31.9 Å². The maximum absolute atomic E-state index is 12.6. The highest BCUT2D eigenvalue weighted by molar-refractivity contribution is 5.89. The molecule has 0 atom stereocenters. The Bertz CT molecular complexity index is 1010. The molecule has 7 nitrogen and oxygen atoms in total.